The van der Waals surface area contributed by atoms with Gasteiger partial charge in [0.25, 0.3) is 0 Å². The minimum atomic E-state index is 0.722. The van der Waals surface area contributed by atoms with Crippen LogP contribution in [0, 0.1) is 0 Å². The van der Waals surface area contributed by atoms with E-state index in [0.29, 0.717) is 0 Å². The summed E-state index contributed by atoms with van der Waals surface area (Å²) in [6, 6.07) is 79.6. The Morgan fingerprint density at radius 2 is 0.525 bits per heavy atom. The molecule has 0 atom stereocenters. The lowest BCUT2D eigenvalue weighted by Crippen LogP contribution is -1.95. The van der Waals surface area contributed by atoms with Crippen molar-refractivity contribution in [3.63, 3.8) is 0 Å². The van der Waals surface area contributed by atoms with Gasteiger partial charge in [0.1, 0.15) is 50.4 Å². The van der Waals surface area contributed by atoms with Crippen LogP contribution in [0.15, 0.2) is 247 Å². The van der Waals surface area contributed by atoms with Crippen molar-refractivity contribution in [2.45, 2.75) is 0 Å². The van der Waals surface area contributed by atoms with E-state index in [1.54, 1.807) is 0 Å². The van der Waals surface area contributed by atoms with Gasteiger partial charge < -0.3 is 35.8 Å². The zero-order valence-electron chi connectivity index (χ0n) is 42.2. The molecule has 0 aliphatic heterocycles. The van der Waals surface area contributed by atoms with Crippen LogP contribution in [0.3, 0.4) is 0 Å². The van der Waals surface area contributed by atoms with E-state index in [2.05, 4.69) is 214 Å². The number of hydrogen-bond donors (Lipinski definition) is 0. The Bertz CT molecular complexity index is 5900. The van der Waals surface area contributed by atoms with Crippen LogP contribution in [0.5, 0.6) is 0 Å². The molecular formula is C72H37N3O5. The number of fused-ring (bicyclic) bond motifs is 27. The smallest absolute Gasteiger partial charge is 0.163 e. The van der Waals surface area contributed by atoms with Gasteiger partial charge in [0, 0.05) is 81.4 Å². The highest BCUT2D eigenvalue weighted by atomic mass is 16.4. The number of aromatic nitrogens is 3. The van der Waals surface area contributed by atoms with Crippen molar-refractivity contribution in [2.24, 2.45) is 0 Å². The van der Waals surface area contributed by atoms with Crippen molar-refractivity contribution < 1.29 is 22.1 Å². The normalized spacial score (nSPS) is 12.8. The first-order chi connectivity index (χ1) is 39.7. The molecule has 12 aromatic carbocycles. The molecule has 0 N–H and O–H groups in total. The largest absolute Gasteiger partial charge is 0.455 e. The van der Waals surface area contributed by atoms with E-state index in [1.165, 1.54) is 0 Å². The summed E-state index contributed by atoms with van der Waals surface area (Å²) in [7, 11) is 0. The molecule has 0 aliphatic rings. The molecule has 0 aliphatic carbocycles. The van der Waals surface area contributed by atoms with Gasteiger partial charge in [0.05, 0.1) is 49.3 Å². The lowest BCUT2D eigenvalue weighted by molar-refractivity contribution is 0.651. The van der Waals surface area contributed by atoms with Crippen molar-refractivity contribution in [2.75, 3.05) is 0 Å². The fourth-order valence-corrected chi connectivity index (χ4v) is 14.1. The second-order valence-electron chi connectivity index (χ2n) is 21.4. The molecule has 8 heterocycles. The fraction of sp³-hybridized carbons (Fsp3) is 0. The molecule has 80 heavy (non-hydrogen) atoms. The molecule has 0 amide bonds. The molecule has 20 aromatic rings. The molecule has 20 rings (SSSR count). The lowest BCUT2D eigenvalue weighted by atomic mass is 10.0. The maximum absolute atomic E-state index is 7.28. The van der Waals surface area contributed by atoms with E-state index >= 15 is 0 Å². The van der Waals surface area contributed by atoms with Crippen molar-refractivity contribution in [3.8, 4) is 17.1 Å². The lowest BCUT2D eigenvalue weighted by Gasteiger charge is -2.10. The van der Waals surface area contributed by atoms with Gasteiger partial charge in [0.15, 0.2) is 11.2 Å². The predicted molar refractivity (Wildman–Crippen MR) is 326 cm³/mol. The molecule has 0 radical (unpaired) electrons. The van der Waals surface area contributed by atoms with Gasteiger partial charge >= 0.3 is 0 Å². The number of hydrogen-bond acceptors (Lipinski definition) is 5. The number of nitrogens with zero attached hydrogens (tertiary/aromatic N) is 3. The zero-order chi connectivity index (χ0) is 51.6. The summed E-state index contributed by atoms with van der Waals surface area (Å²) in [6.07, 6.45) is 0. The standard InChI is InChI=1S/C72H37N3O5/c1-7-19-53-46(16-1)64-56(30-27-43-40-13-4-10-22-59(40)76-68(43)64)73(53)38-25-33-62-49(35-38)51-37-52-50-36-39(74-54-20-8-2-17-47(54)65-57(74)31-28-44-41-14-5-11-23-60(41)77-69(44)65)26-34-63(50)80-72(52)67(71(51)79-62)75-55-21-9-3-18-48(55)66-58(75)32-29-45-42-15-6-12-24-61(42)78-70(45)66/h1-37H. The maximum Gasteiger partial charge on any atom is 0.163 e. The van der Waals surface area contributed by atoms with Crippen LogP contribution in [-0.4, -0.2) is 13.7 Å². The Labute approximate surface area is 450 Å². The first-order valence-corrected chi connectivity index (χ1v) is 27.1. The summed E-state index contributed by atoms with van der Waals surface area (Å²) >= 11 is 0. The Balaban J connectivity index is 0.898. The number of furan rings is 5. The van der Waals surface area contributed by atoms with Crippen LogP contribution < -0.4 is 0 Å². The minimum absolute atomic E-state index is 0.722. The van der Waals surface area contributed by atoms with Crippen LogP contribution in [-0.2, 0) is 0 Å². The summed E-state index contributed by atoms with van der Waals surface area (Å²) in [5.41, 5.74) is 17.4. The fourth-order valence-electron chi connectivity index (χ4n) is 14.1. The van der Waals surface area contributed by atoms with Crippen molar-refractivity contribution >= 4 is 175 Å². The average Bonchev–Trinajstić information content (AvgIpc) is 3.49. The molecule has 8 aromatic heterocycles. The summed E-state index contributed by atoms with van der Waals surface area (Å²) in [5, 5.41) is 17.0. The molecule has 0 spiro atoms. The van der Waals surface area contributed by atoms with E-state index in [9.17, 15) is 0 Å². The molecule has 0 unspecified atom stereocenters. The summed E-state index contributed by atoms with van der Waals surface area (Å²) in [4.78, 5) is 0. The van der Waals surface area contributed by atoms with E-state index in [0.717, 1.165) is 192 Å². The van der Waals surface area contributed by atoms with Gasteiger partial charge in [-0.15, -0.1) is 0 Å². The topological polar surface area (TPSA) is 80.5 Å². The Hall–Kier alpha value is -11.0. The molecular weight excluding hydrogens is 987 g/mol. The van der Waals surface area contributed by atoms with Gasteiger partial charge in [-0.1, -0.05) is 109 Å². The number of rotatable bonds is 3. The molecule has 0 saturated heterocycles. The molecule has 0 fully saturated rings. The Kier molecular flexibility index (Phi) is 7.49. The average molecular weight is 1020 g/mol. The summed E-state index contributed by atoms with van der Waals surface area (Å²) in [6.45, 7) is 0. The van der Waals surface area contributed by atoms with Crippen LogP contribution in [0.4, 0.5) is 0 Å². The third kappa shape index (κ3) is 5.07. The second-order valence-corrected chi connectivity index (χ2v) is 21.4. The van der Waals surface area contributed by atoms with E-state index < -0.39 is 0 Å². The molecule has 8 nitrogen and oxygen atoms in total. The predicted octanol–water partition coefficient (Wildman–Crippen LogP) is 20.5. The summed E-state index contributed by atoms with van der Waals surface area (Å²) < 4.78 is 41.9. The second kappa shape index (κ2) is 14.5. The SMILES string of the molecule is c1ccc2c(c1)oc1c2ccc2c1c1ccccc1n2-c1ccc2oc3c(-n4c5ccccc5c5c6oc7ccccc7c6ccc54)c4oc5ccc(-n6c7ccccc7c7c8oc9ccccc9c8ccc76)cc5c4cc3c2c1. The first-order valence-electron chi connectivity index (χ1n) is 27.1. The van der Waals surface area contributed by atoms with Crippen LogP contribution in [0.2, 0.25) is 0 Å². The van der Waals surface area contributed by atoms with Crippen molar-refractivity contribution in [3.05, 3.63) is 224 Å². The quantitative estimate of drug-likeness (QED) is 0.176. The van der Waals surface area contributed by atoms with Crippen LogP contribution in [0.25, 0.3) is 192 Å². The summed E-state index contributed by atoms with van der Waals surface area (Å²) in [5.74, 6) is 0. The van der Waals surface area contributed by atoms with Gasteiger partial charge in [-0.25, -0.2) is 0 Å². The highest BCUT2D eigenvalue weighted by molar-refractivity contribution is 6.29. The zero-order valence-corrected chi connectivity index (χ0v) is 42.2. The van der Waals surface area contributed by atoms with E-state index in [-0.39, 0.29) is 0 Å². The van der Waals surface area contributed by atoms with E-state index in [1.807, 2.05) is 24.3 Å². The van der Waals surface area contributed by atoms with Crippen LogP contribution in [0.1, 0.15) is 0 Å². The highest BCUT2D eigenvalue weighted by Gasteiger charge is 2.28. The maximum atomic E-state index is 7.28. The Morgan fingerprint density at radius 3 is 0.938 bits per heavy atom. The van der Waals surface area contributed by atoms with Crippen molar-refractivity contribution in [1.29, 1.82) is 0 Å². The minimum Gasteiger partial charge on any atom is -0.455 e. The number of benzene rings is 12. The molecule has 370 valence electrons. The van der Waals surface area contributed by atoms with Gasteiger partial charge in [-0.3, -0.25) is 0 Å². The first kappa shape index (κ1) is 41.2. The highest BCUT2D eigenvalue weighted by Crippen LogP contribution is 2.49. The van der Waals surface area contributed by atoms with E-state index in [4.69, 9.17) is 22.1 Å². The third-order valence-electron chi connectivity index (χ3n) is 17.4. The van der Waals surface area contributed by atoms with Gasteiger partial charge in [0.2, 0.25) is 0 Å². The third-order valence-corrected chi connectivity index (χ3v) is 17.4. The molecule has 0 bridgehead atoms. The monoisotopic (exact) mass is 1020 g/mol. The Morgan fingerprint density at radius 1 is 0.200 bits per heavy atom. The van der Waals surface area contributed by atoms with Gasteiger partial charge in [-0.2, -0.15) is 0 Å². The van der Waals surface area contributed by atoms with Gasteiger partial charge in [-0.05, 0) is 115 Å². The molecule has 8 heteroatoms. The molecule has 0 saturated carbocycles. The van der Waals surface area contributed by atoms with Crippen molar-refractivity contribution in [1.82, 2.24) is 13.7 Å². The van der Waals surface area contributed by atoms with Crippen LogP contribution >= 0.6 is 0 Å². The number of para-hydroxylation sites is 6.